The summed E-state index contributed by atoms with van der Waals surface area (Å²) in [6, 6.07) is 0. The lowest BCUT2D eigenvalue weighted by molar-refractivity contribution is 0.207. The Bertz CT molecular complexity index is 125. The molecule has 0 unspecified atom stereocenters. The molecule has 0 aromatic carbocycles. The molecule has 1 aliphatic heterocycles. The van der Waals surface area contributed by atoms with Gasteiger partial charge in [-0.2, -0.15) is 0 Å². The van der Waals surface area contributed by atoms with E-state index in [1.54, 1.807) is 0 Å². The Morgan fingerprint density at radius 3 is 1.70 bits per heavy atom. The highest BCUT2D eigenvalue weighted by Crippen LogP contribution is 2.35. The van der Waals surface area contributed by atoms with Crippen molar-refractivity contribution in [2.75, 3.05) is 0 Å². The lowest BCUT2D eigenvalue weighted by Gasteiger charge is -2.30. The lowest BCUT2D eigenvalue weighted by atomic mass is 9.77. The third-order valence-corrected chi connectivity index (χ3v) is 2.68. The van der Waals surface area contributed by atoms with Gasteiger partial charge in [-0.1, -0.05) is 27.7 Å². The highest BCUT2D eigenvalue weighted by Gasteiger charge is 2.46. The monoisotopic (exact) mass is 142 g/mol. The summed E-state index contributed by atoms with van der Waals surface area (Å²) in [5, 5.41) is 0. The summed E-state index contributed by atoms with van der Waals surface area (Å²) >= 11 is 0. The first kappa shape index (κ1) is 8.02. The van der Waals surface area contributed by atoms with E-state index in [9.17, 15) is 0 Å². The highest BCUT2D eigenvalue weighted by molar-refractivity contribution is 4.98. The van der Waals surface area contributed by atoms with Crippen LogP contribution in [-0.4, -0.2) is 5.66 Å². The van der Waals surface area contributed by atoms with Crippen LogP contribution in [0.25, 0.3) is 0 Å². The highest BCUT2D eigenvalue weighted by atomic mass is 15.7. The minimum absolute atomic E-state index is 0.193. The maximum atomic E-state index is 3.17. The van der Waals surface area contributed by atoms with Crippen LogP contribution in [-0.2, 0) is 0 Å². The fourth-order valence-corrected chi connectivity index (χ4v) is 1.18. The van der Waals surface area contributed by atoms with Crippen LogP contribution in [0.15, 0.2) is 0 Å². The molecule has 0 bridgehead atoms. The summed E-state index contributed by atoms with van der Waals surface area (Å²) in [7, 11) is 0. The van der Waals surface area contributed by atoms with Gasteiger partial charge in [0.2, 0.25) is 0 Å². The standard InChI is InChI=1S/C8H18N2/c1-6(7(2,3)4)8(5)9-10-8/h6,9-10H,1-5H3/t6-/m1/s1. The molecule has 0 aromatic heterocycles. The van der Waals surface area contributed by atoms with Gasteiger partial charge in [-0.05, 0) is 18.3 Å². The zero-order valence-corrected chi connectivity index (χ0v) is 7.58. The summed E-state index contributed by atoms with van der Waals surface area (Å²) in [6.45, 7) is 11.3. The van der Waals surface area contributed by atoms with E-state index in [4.69, 9.17) is 0 Å². The van der Waals surface area contributed by atoms with E-state index in [0.717, 1.165) is 0 Å². The van der Waals surface area contributed by atoms with Crippen molar-refractivity contribution in [3.63, 3.8) is 0 Å². The summed E-state index contributed by atoms with van der Waals surface area (Å²) in [5.41, 5.74) is 6.91. The first-order chi connectivity index (χ1) is 4.36. The van der Waals surface area contributed by atoms with Crippen LogP contribution in [0.3, 0.4) is 0 Å². The van der Waals surface area contributed by atoms with Crippen LogP contribution in [0.1, 0.15) is 34.6 Å². The molecule has 0 radical (unpaired) electrons. The van der Waals surface area contributed by atoms with Crippen molar-refractivity contribution in [3.05, 3.63) is 0 Å². The van der Waals surface area contributed by atoms with Crippen molar-refractivity contribution in [1.82, 2.24) is 10.9 Å². The van der Waals surface area contributed by atoms with Gasteiger partial charge in [-0.25, -0.2) is 10.9 Å². The van der Waals surface area contributed by atoms with E-state index < -0.39 is 0 Å². The molecule has 0 aromatic rings. The molecule has 2 nitrogen and oxygen atoms in total. The van der Waals surface area contributed by atoms with Crippen molar-refractivity contribution in [2.45, 2.75) is 40.3 Å². The largest absolute Gasteiger partial charge is 0.235 e. The lowest BCUT2D eigenvalue weighted by Crippen LogP contribution is -2.33. The van der Waals surface area contributed by atoms with Crippen LogP contribution in [0.2, 0.25) is 0 Å². The maximum Gasteiger partial charge on any atom is 0.0945 e. The SMILES string of the molecule is C[C@H](C(C)(C)C)C1(C)NN1. The van der Waals surface area contributed by atoms with Crippen molar-refractivity contribution >= 4 is 0 Å². The van der Waals surface area contributed by atoms with Gasteiger partial charge in [-0.15, -0.1) is 0 Å². The topological polar surface area (TPSA) is 43.9 Å². The Morgan fingerprint density at radius 1 is 1.20 bits per heavy atom. The predicted molar refractivity (Wildman–Crippen MR) is 43.3 cm³/mol. The second kappa shape index (κ2) is 1.95. The zero-order chi connectivity index (χ0) is 7.99. The van der Waals surface area contributed by atoms with Gasteiger partial charge in [-0.3, -0.25) is 0 Å². The molecule has 0 saturated carbocycles. The van der Waals surface area contributed by atoms with Gasteiger partial charge in [0.25, 0.3) is 0 Å². The first-order valence-corrected chi connectivity index (χ1v) is 3.90. The number of rotatable bonds is 1. The molecule has 1 atom stereocenters. The van der Waals surface area contributed by atoms with Crippen molar-refractivity contribution in [1.29, 1.82) is 0 Å². The fraction of sp³-hybridized carbons (Fsp3) is 1.00. The normalized spacial score (nSPS) is 26.1. The summed E-state index contributed by atoms with van der Waals surface area (Å²) in [4.78, 5) is 0. The van der Waals surface area contributed by atoms with E-state index in [1.165, 1.54) is 0 Å². The molecule has 60 valence electrons. The molecule has 2 heteroatoms. The second-order valence-electron chi connectivity index (χ2n) is 4.54. The minimum Gasteiger partial charge on any atom is -0.235 e. The molecule has 1 heterocycles. The summed E-state index contributed by atoms with van der Waals surface area (Å²) in [5.74, 6) is 0.653. The number of hydrogen-bond acceptors (Lipinski definition) is 2. The Balaban J connectivity index is 2.57. The quantitative estimate of drug-likeness (QED) is 0.545. The molecule has 0 amide bonds. The maximum absolute atomic E-state index is 3.17. The fourth-order valence-electron chi connectivity index (χ4n) is 1.18. The Labute approximate surface area is 63.4 Å². The molecule has 2 N–H and O–H groups in total. The average molecular weight is 142 g/mol. The Hall–Kier alpha value is -0.0800. The molecule has 1 saturated heterocycles. The van der Waals surface area contributed by atoms with Crippen LogP contribution in [0.4, 0.5) is 0 Å². The van der Waals surface area contributed by atoms with Gasteiger partial charge in [0.05, 0.1) is 5.66 Å². The minimum atomic E-state index is 0.193. The number of nitrogens with one attached hydrogen (secondary N) is 2. The van der Waals surface area contributed by atoms with Crippen molar-refractivity contribution in [2.24, 2.45) is 11.3 Å². The van der Waals surface area contributed by atoms with Gasteiger partial charge in [0, 0.05) is 0 Å². The molecular formula is C8H18N2. The van der Waals surface area contributed by atoms with E-state index in [-0.39, 0.29) is 5.66 Å². The van der Waals surface area contributed by atoms with Crippen LogP contribution >= 0.6 is 0 Å². The van der Waals surface area contributed by atoms with Gasteiger partial charge in [0.15, 0.2) is 0 Å². The molecule has 1 aliphatic rings. The Morgan fingerprint density at radius 2 is 1.60 bits per heavy atom. The van der Waals surface area contributed by atoms with Gasteiger partial charge in [0.1, 0.15) is 0 Å². The first-order valence-electron chi connectivity index (χ1n) is 3.90. The smallest absolute Gasteiger partial charge is 0.0945 e. The average Bonchev–Trinajstić information content (AvgIpc) is 2.45. The Kier molecular flexibility index (Phi) is 1.57. The van der Waals surface area contributed by atoms with Crippen LogP contribution in [0, 0.1) is 11.3 Å². The van der Waals surface area contributed by atoms with E-state index in [0.29, 0.717) is 11.3 Å². The third kappa shape index (κ3) is 1.32. The van der Waals surface area contributed by atoms with Gasteiger partial charge >= 0.3 is 0 Å². The predicted octanol–water partition coefficient (Wildman–Crippen LogP) is 1.49. The van der Waals surface area contributed by atoms with Crippen molar-refractivity contribution < 1.29 is 0 Å². The molecule has 1 rings (SSSR count). The van der Waals surface area contributed by atoms with E-state index >= 15 is 0 Å². The number of hydrogen-bond donors (Lipinski definition) is 2. The van der Waals surface area contributed by atoms with E-state index in [2.05, 4.69) is 45.5 Å². The molecular weight excluding hydrogens is 124 g/mol. The zero-order valence-electron chi connectivity index (χ0n) is 7.58. The van der Waals surface area contributed by atoms with E-state index in [1.807, 2.05) is 0 Å². The van der Waals surface area contributed by atoms with Crippen molar-refractivity contribution in [3.8, 4) is 0 Å². The van der Waals surface area contributed by atoms with Crippen LogP contribution < -0.4 is 10.9 Å². The van der Waals surface area contributed by atoms with Crippen LogP contribution in [0.5, 0.6) is 0 Å². The number of hydrazine groups is 1. The van der Waals surface area contributed by atoms with Gasteiger partial charge < -0.3 is 0 Å². The second-order valence-corrected chi connectivity index (χ2v) is 4.54. The molecule has 1 fully saturated rings. The molecule has 10 heavy (non-hydrogen) atoms. The molecule has 0 spiro atoms. The third-order valence-electron chi connectivity index (χ3n) is 2.68. The summed E-state index contributed by atoms with van der Waals surface area (Å²) < 4.78 is 0. The molecule has 0 aliphatic carbocycles. The summed E-state index contributed by atoms with van der Waals surface area (Å²) in [6.07, 6.45) is 0.